The lowest BCUT2D eigenvalue weighted by Gasteiger charge is -2.31. The van der Waals surface area contributed by atoms with Gasteiger partial charge < -0.3 is 14.6 Å². The fourth-order valence-electron chi connectivity index (χ4n) is 3.94. The van der Waals surface area contributed by atoms with Crippen LogP contribution in [-0.4, -0.2) is 35.3 Å². The van der Waals surface area contributed by atoms with Gasteiger partial charge in [0, 0.05) is 31.5 Å². The Morgan fingerprint density at radius 2 is 1.63 bits per heavy atom. The standard InChI is InChI=1S/C22H30N2O3/c1-26-20-12-18(13-21(27-2)22(20)25)16-24(15-17-8-7-11-23-14-17)19-9-5-3-4-6-10-19/h7-8,11-14,19,25H,3-6,9-10,15-16H2,1-2H3. The second-order valence-corrected chi connectivity index (χ2v) is 7.26. The van der Waals surface area contributed by atoms with Gasteiger partial charge in [-0.2, -0.15) is 0 Å². The van der Waals surface area contributed by atoms with Crippen LogP contribution < -0.4 is 9.47 Å². The summed E-state index contributed by atoms with van der Waals surface area (Å²) in [6.45, 7) is 1.65. The van der Waals surface area contributed by atoms with Crippen LogP contribution in [0.3, 0.4) is 0 Å². The number of aromatic hydroxyl groups is 1. The molecule has 2 aromatic rings. The first-order chi connectivity index (χ1) is 13.2. The number of aromatic nitrogens is 1. The highest BCUT2D eigenvalue weighted by Gasteiger charge is 2.22. The molecule has 1 heterocycles. The van der Waals surface area contributed by atoms with Gasteiger partial charge in [0.25, 0.3) is 0 Å². The van der Waals surface area contributed by atoms with Crippen molar-refractivity contribution in [2.24, 2.45) is 0 Å². The Morgan fingerprint density at radius 3 is 2.19 bits per heavy atom. The van der Waals surface area contributed by atoms with Gasteiger partial charge in [0.1, 0.15) is 0 Å². The zero-order valence-corrected chi connectivity index (χ0v) is 16.4. The zero-order valence-electron chi connectivity index (χ0n) is 16.4. The van der Waals surface area contributed by atoms with Crippen LogP contribution in [0.25, 0.3) is 0 Å². The fraction of sp³-hybridized carbons (Fsp3) is 0.500. The van der Waals surface area contributed by atoms with Crippen molar-refractivity contribution in [2.75, 3.05) is 14.2 Å². The average molecular weight is 370 g/mol. The van der Waals surface area contributed by atoms with Crippen molar-refractivity contribution >= 4 is 0 Å². The Hall–Kier alpha value is -2.27. The largest absolute Gasteiger partial charge is 0.502 e. The molecule has 5 nitrogen and oxygen atoms in total. The van der Waals surface area contributed by atoms with Crippen molar-refractivity contribution in [1.29, 1.82) is 0 Å². The molecule has 27 heavy (non-hydrogen) atoms. The third-order valence-electron chi connectivity index (χ3n) is 5.37. The second kappa shape index (κ2) is 9.60. The third-order valence-corrected chi connectivity index (χ3v) is 5.37. The van der Waals surface area contributed by atoms with E-state index in [0.29, 0.717) is 17.5 Å². The van der Waals surface area contributed by atoms with E-state index < -0.39 is 0 Å². The van der Waals surface area contributed by atoms with Gasteiger partial charge in [-0.25, -0.2) is 0 Å². The summed E-state index contributed by atoms with van der Waals surface area (Å²) >= 11 is 0. The number of hydrogen-bond acceptors (Lipinski definition) is 5. The number of ether oxygens (including phenoxy) is 2. The highest BCUT2D eigenvalue weighted by Crippen LogP contribution is 2.38. The molecule has 146 valence electrons. The summed E-state index contributed by atoms with van der Waals surface area (Å²) < 4.78 is 10.7. The van der Waals surface area contributed by atoms with Crippen molar-refractivity contribution in [3.63, 3.8) is 0 Å². The molecule has 0 atom stereocenters. The van der Waals surface area contributed by atoms with E-state index in [1.165, 1.54) is 44.1 Å². The normalized spacial score (nSPS) is 15.5. The molecule has 1 N–H and O–H groups in total. The lowest BCUT2D eigenvalue weighted by Crippen LogP contribution is -2.34. The predicted molar refractivity (Wildman–Crippen MR) is 106 cm³/mol. The van der Waals surface area contributed by atoms with Gasteiger partial charge in [0.05, 0.1) is 14.2 Å². The summed E-state index contributed by atoms with van der Waals surface area (Å²) in [5, 5.41) is 10.2. The van der Waals surface area contributed by atoms with E-state index in [0.717, 1.165) is 18.7 Å². The highest BCUT2D eigenvalue weighted by molar-refractivity contribution is 5.52. The van der Waals surface area contributed by atoms with E-state index in [2.05, 4.69) is 16.0 Å². The molecular formula is C22H30N2O3. The number of rotatable bonds is 7. The number of methoxy groups -OCH3 is 2. The minimum Gasteiger partial charge on any atom is -0.502 e. The molecule has 5 heteroatoms. The molecule has 0 radical (unpaired) electrons. The van der Waals surface area contributed by atoms with Crippen molar-refractivity contribution in [2.45, 2.75) is 57.7 Å². The van der Waals surface area contributed by atoms with E-state index in [1.54, 1.807) is 14.2 Å². The van der Waals surface area contributed by atoms with E-state index >= 15 is 0 Å². The Morgan fingerprint density at radius 1 is 1.00 bits per heavy atom. The molecule has 1 fully saturated rings. The lowest BCUT2D eigenvalue weighted by molar-refractivity contribution is 0.161. The van der Waals surface area contributed by atoms with Crippen LogP contribution >= 0.6 is 0 Å². The molecule has 0 unspecified atom stereocenters. The van der Waals surface area contributed by atoms with Crippen molar-refractivity contribution in [1.82, 2.24) is 9.88 Å². The third kappa shape index (κ3) is 5.13. The number of phenols is 1. The highest BCUT2D eigenvalue weighted by atomic mass is 16.5. The molecule has 1 saturated carbocycles. The van der Waals surface area contributed by atoms with Crippen molar-refractivity contribution in [3.8, 4) is 17.2 Å². The van der Waals surface area contributed by atoms with Crippen molar-refractivity contribution < 1.29 is 14.6 Å². The van der Waals surface area contributed by atoms with Gasteiger partial charge in [-0.1, -0.05) is 31.7 Å². The zero-order chi connectivity index (χ0) is 19.1. The summed E-state index contributed by atoms with van der Waals surface area (Å²) in [7, 11) is 3.13. The lowest BCUT2D eigenvalue weighted by atomic mass is 10.0. The number of pyridine rings is 1. The summed E-state index contributed by atoms with van der Waals surface area (Å²) in [6, 6.07) is 8.50. The first-order valence-corrected chi connectivity index (χ1v) is 9.78. The topological polar surface area (TPSA) is 54.8 Å². The first-order valence-electron chi connectivity index (χ1n) is 9.78. The maximum absolute atomic E-state index is 10.2. The van der Waals surface area contributed by atoms with Crippen LogP contribution in [0.15, 0.2) is 36.7 Å². The fourth-order valence-corrected chi connectivity index (χ4v) is 3.94. The molecule has 0 spiro atoms. The number of benzene rings is 1. The number of hydrogen-bond donors (Lipinski definition) is 1. The Labute approximate surface area is 161 Å². The molecule has 0 aliphatic heterocycles. The minimum absolute atomic E-state index is 0.0528. The molecular weight excluding hydrogens is 340 g/mol. The minimum atomic E-state index is 0.0528. The van der Waals surface area contributed by atoms with E-state index in [4.69, 9.17) is 9.47 Å². The van der Waals surface area contributed by atoms with E-state index in [-0.39, 0.29) is 5.75 Å². The molecule has 1 aliphatic rings. The van der Waals surface area contributed by atoms with Crippen LogP contribution in [0.4, 0.5) is 0 Å². The summed E-state index contributed by atoms with van der Waals surface area (Å²) in [5.74, 6) is 0.954. The molecule has 0 saturated heterocycles. The molecule has 0 bridgehead atoms. The van der Waals surface area contributed by atoms with E-state index in [1.807, 2.05) is 30.6 Å². The molecule has 1 aromatic heterocycles. The van der Waals surface area contributed by atoms with E-state index in [9.17, 15) is 5.11 Å². The summed E-state index contributed by atoms with van der Waals surface area (Å²) in [4.78, 5) is 6.81. The number of phenolic OH excluding ortho intramolecular Hbond substituents is 1. The van der Waals surface area contributed by atoms with Crippen molar-refractivity contribution in [3.05, 3.63) is 47.8 Å². The Kier molecular flexibility index (Phi) is 6.93. The smallest absolute Gasteiger partial charge is 0.200 e. The summed E-state index contributed by atoms with van der Waals surface area (Å²) in [5.41, 5.74) is 2.30. The maximum atomic E-state index is 10.2. The van der Waals surface area contributed by atoms with Crippen LogP contribution in [0.1, 0.15) is 49.7 Å². The first kappa shape index (κ1) is 19.5. The van der Waals surface area contributed by atoms with Crippen LogP contribution in [-0.2, 0) is 13.1 Å². The predicted octanol–water partition coefficient (Wildman–Crippen LogP) is 4.53. The Bertz CT molecular complexity index is 688. The van der Waals surface area contributed by atoms with Crippen LogP contribution in [0.2, 0.25) is 0 Å². The molecule has 0 amide bonds. The molecule has 3 rings (SSSR count). The van der Waals surface area contributed by atoms with Crippen LogP contribution in [0, 0.1) is 0 Å². The monoisotopic (exact) mass is 370 g/mol. The van der Waals surface area contributed by atoms with Gasteiger partial charge in [0.15, 0.2) is 11.5 Å². The number of nitrogens with zero attached hydrogens (tertiary/aromatic N) is 2. The Balaban J connectivity index is 1.86. The maximum Gasteiger partial charge on any atom is 0.200 e. The molecule has 1 aromatic carbocycles. The van der Waals surface area contributed by atoms with Gasteiger partial charge in [-0.15, -0.1) is 0 Å². The second-order valence-electron chi connectivity index (χ2n) is 7.26. The van der Waals surface area contributed by atoms with Gasteiger partial charge >= 0.3 is 0 Å². The quantitative estimate of drug-likeness (QED) is 0.726. The van der Waals surface area contributed by atoms with Gasteiger partial charge in [-0.05, 0) is 42.2 Å². The van der Waals surface area contributed by atoms with Gasteiger partial charge in [0.2, 0.25) is 5.75 Å². The SMILES string of the molecule is COc1cc(CN(Cc2cccnc2)C2CCCCCC2)cc(OC)c1O. The molecule has 1 aliphatic carbocycles. The average Bonchev–Trinajstić information content (AvgIpc) is 2.99. The van der Waals surface area contributed by atoms with Crippen LogP contribution in [0.5, 0.6) is 17.2 Å². The summed E-state index contributed by atoms with van der Waals surface area (Å²) in [6.07, 6.45) is 11.5. The van der Waals surface area contributed by atoms with Gasteiger partial charge in [-0.3, -0.25) is 9.88 Å².